The molecule has 1 heterocycles. The van der Waals surface area contributed by atoms with Crippen LogP contribution < -0.4 is 10.2 Å². The summed E-state index contributed by atoms with van der Waals surface area (Å²) in [6.45, 7) is 0. The fourth-order valence-corrected chi connectivity index (χ4v) is 1.84. The normalized spacial score (nSPS) is 10.6. The number of phenols is 1. The molecule has 0 atom stereocenters. The fourth-order valence-electron chi connectivity index (χ4n) is 1.42. The number of halogens is 1. The molecule has 1 aromatic heterocycles. The summed E-state index contributed by atoms with van der Waals surface area (Å²) in [7, 11) is 1.50. The summed E-state index contributed by atoms with van der Waals surface area (Å²) in [5.74, 6) is 1.11. The van der Waals surface area contributed by atoms with E-state index < -0.39 is 0 Å². The van der Waals surface area contributed by atoms with Crippen molar-refractivity contribution in [2.45, 2.75) is 0 Å². The van der Waals surface area contributed by atoms with Gasteiger partial charge in [0.15, 0.2) is 11.5 Å². The van der Waals surface area contributed by atoms with Crippen molar-refractivity contribution in [2.75, 3.05) is 12.5 Å². The van der Waals surface area contributed by atoms with Crippen molar-refractivity contribution >= 4 is 28.0 Å². The molecule has 1 aromatic carbocycles. The van der Waals surface area contributed by atoms with Gasteiger partial charge in [-0.25, -0.2) is 4.98 Å². The molecule has 2 N–H and O–H groups in total. The Morgan fingerprint density at radius 2 is 2.26 bits per heavy atom. The van der Waals surface area contributed by atoms with E-state index in [1.54, 1.807) is 30.6 Å². The molecular formula is C13H12BrN3O2. The fraction of sp³-hybridized carbons (Fsp3) is 0.0769. The van der Waals surface area contributed by atoms with Crippen LogP contribution in [-0.4, -0.2) is 23.4 Å². The zero-order valence-electron chi connectivity index (χ0n) is 10.2. The first kappa shape index (κ1) is 13.4. The number of hydrazone groups is 1. The van der Waals surface area contributed by atoms with E-state index in [1.807, 2.05) is 12.1 Å². The van der Waals surface area contributed by atoms with Crippen LogP contribution in [0.3, 0.4) is 0 Å². The van der Waals surface area contributed by atoms with Crippen LogP contribution in [0.4, 0.5) is 5.82 Å². The first-order valence-corrected chi connectivity index (χ1v) is 6.26. The Bertz CT molecular complexity index is 588. The maximum Gasteiger partial charge on any atom is 0.161 e. The van der Waals surface area contributed by atoms with Gasteiger partial charge < -0.3 is 9.84 Å². The highest BCUT2D eigenvalue weighted by molar-refractivity contribution is 9.10. The second-order valence-corrected chi connectivity index (χ2v) is 4.48. The number of methoxy groups -OCH3 is 1. The Balaban J connectivity index is 2.13. The first-order chi connectivity index (χ1) is 9.20. The number of ether oxygens (including phenoxy) is 1. The molecular weight excluding hydrogens is 310 g/mol. The van der Waals surface area contributed by atoms with E-state index in [9.17, 15) is 5.11 Å². The number of benzene rings is 1. The van der Waals surface area contributed by atoms with Crippen LogP contribution in [0.15, 0.2) is 46.1 Å². The van der Waals surface area contributed by atoms with E-state index in [-0.39, 0.29) is 5.75 Å². The molecule has 0 spiro atoms. The molecule has 0 bridgehead atoms. The third kappa shape index (κ3) is 3.45. The molecule has 5 nitrogen and oxygen atoms in total. The number of nitrogens with one attached hydrogen (secondary N) is 1. The lowest BCUT2D eigenvalue weighted by molar-refractivity contribution is 0.373. The minimum Gasteiger partial charge on any atom is -0.504 e. The van der Waals surface area contributed by atoms with Crippen LogP contribution in [-0.2, 0) is 0 Å². The Kier molecular flexibility index (Phi) is 4.35. The SMILES string of the molecule is COc1cc(Br)c(/C=N\Nc2ccccn2)cc1O. The lowest BCUT2D eigenvalue weighted by Gasteiger charge is -2.06. The van der Waals surface area contributed by atoms with Crippen molar-refractivity contribution in [3.05, 3.63) is 46.6 Å². The van der Waals surface area contributed by atoms with E-state index in [0.29, 0.717) is 11.6 Å². The molecule has 98 valence electrons. The van der Waals surface area contributed by atoms with Gasteiger partial charge in [0.05, 0.1) is 13.3 Å². The number of pyridine rings is 1. The van der Waals surface area contributed by atoms with E-state index in [4.69, 9.17) is 4.74 Å². The van der Waals surface area contributed by atoms with Crippen LogP contribution in [0.25, 0.3) is 0 Å². The Hall–Kier alpha value is -2.08. The number of rotatable bonds is 4. The van der Waals surface area contributed by atoms with Gasteiger partial charge in [-0.3, -0.25) is 5.43 Å². The minimum absolute atomic E-state index is 0.0602. The highest BCUT2D eigenvalue weighted by atomic mass is 79.9. The maximum atomic E-state index is 9.69. The van der Waals surface area contributed by atoms with E-state index >= 15 is 0 Å². The van der Waals surface area contributed by atoms with Crippen LogP contribution in [0.1, 0.15) is 5.56 Å². The summed E-state index contributed by atoms with van der Waals surface area (Å²) in [6.07, 6.45) is 3.25. The summed E-state index contributed by atoms with van der Waals surface area (Å²) in [5, 5.41) is 13.7. The third-order valence-corrected chi connectivity index (χ3v) is 3.03. The molecule has 0 saturated heterocycles. The highest BCUT2D eigenvalue weighted by Gasteiger charge is 2.06. The maximum absolute atomic E-state index is 9.69. The summed E-state index contributed by atoms with van der Waals surface area (Å²) in [5.41, 5.74) is 3.52. The minimum atomic E-state index is 0.0602. The van der Waals surface area contributed by atoms with Gasteiger partial charge in [-0.15, -0.1) is 0 Å². The second-order valence-electron chi connectivity index (χ2n) is 3.63. The number of nitrogens with zero attached hydrogens (tertiary/aromatic N) is 2. The summed E-state index contributed by atoms with van der Waals surface area (Å²) < 4.78 is 5.78. The largest absolute Gasteiger partial charge is 0.504 e. The molecule has 19 heavy (non-hydrogen) atoms. The van der Waals surface area contributed by atoms with Gasteiger partial charge in [0.25, 0.3) is 0 Å². The number of anilines is 1. The number of hydrogen-bond acceptors (Lipinski definition) is 5. The zero-order chi connectivity index (χ0) is 13.7. The van der Waals surface area contributed by atoms with Gasteiger partial charge >= 0.3 is 0 Å². The summed E-state index contributed by atoms with van der Waals surface area (Å²) in [6, 6.07) is 8.73. The zero-order valence-corrected chi connectivity index (χ0v) is 11.8. The predicted octanol–water partition coefficient (Wildman–Crippen LogP) is 3.00. The van der Waals surface area contributed by atoms with Crippen LogP contribution in [0, 0.1) is 0 Å². The van der Waals surface area contributed by atoms with Crippen molar-refractivity contribution in [3.63, 3.8) is 0 Å². The molecule has 0 aliphatic rings. The number of aromatic nitrogens is 1. The van der Waals surface area contributed by atoms with E-state index in [0.717, 1.165) is 10.0 Å². The monoisotopic (exact) mass is 321 g/mol. The van der Waals surface area contributed by atoms with Gasteiger partial charge in [-0.05, 0) is 40.2 Å². The molecule has 2 aromatic rings. The van der Waals surface area contributed by atoms with Crippen LogP contribution >= 0.6 is 15.9 Å². The smallest absolute Gasteiger partial charge is 0.161 e. The number of phenolic OH excluding ortho intramolecular Hbond substituents is 1. The van der Waals surface area contributed by atoms with Gasteiger partial charge in [0.2, 0.25) is 0 Å². The third-order valence-electron chi connectivity index (χ3n) is 2.35. The standard InChI is InChI=1S/C13H12BrN3O2/c1-19-12-7-10(14)9(6-11(12)18)8-16-17-13-4-2-3-5-15-13/h2-8,18H,1H3,(H,15,17)/b16-8-. The van der Waals surface area contributed by atoms with Gasteiger partial charge in [0, 0.05) is 16.2 Å². The average molecular weight is 322 g/mol. The van der Waals surface area contributed by atoms with Crippen molar-refractivity contribution in [1.82, 2.24) is 4.98 Å². The highest BCUT2D eigenvalue weighted by Crippen LogP contribution is 2.31. The second kappa shape index (κ2) is 6.19. The van der Waals surface area contributed by atoms with Crippen molar-refractivity contribution in [2.24, 2.45) is 5.10 Å². The molecule has 0 saturated carbocycles. The Labute approximate surface area is 119 Å². The quantitative estimate of drug-likeness (QED) is 0.671. The lowest BCUT2D eigenvalue weighted by atomic mass is 10.2. The number of hydrogen-bond donors (Lipinski definition) is 2. The molecule has 0 unspecified atom stereocenters. The van der Waals surface area contributed by atoms with Gasteiger partial charge in [-0.2, -0.15) is 5.10 Å². The number of aromatic hydroxyl groups is 1. The van der Waals surface area contributed by atoms with Crippen molar-refractivity contribution in [3.8, 4) is 11.5 Å². The molecule has 0 radical (unpaired) electrons. The summed E-state index contributed by atoms with van der Waals surface area (Å²) >= 11 is 3.38. The molecule has 6 heteroatoms. The molecule has 0 fully saturated rings. The lowest BCUT2D eigenvalue weighted by Crippen LogP contribution is -1.94. The van der Waals surface area contributed by atoms with E-state index in [1.165, 1.54) is 7.11 Å². The van der Waals surface area contributed by atoms with E-state index in [2.05, 4.69) is 31.4 Å². The molecule has 0 amide bonds. The first-order valence-electron chi connectivity index (χ1n) is 5.47. The predicted molar refractivity (Wildman–Crippen MR) is 77.8 cm³/mol. The topological polar surface area (TPSA) is 66.7 Å². The van der Waals surface area contributed by atoms with Gasteiger partial charge in [0.1, 0.15) is 5.82 Å². The summed E-state index contributed by atoms with van der Waals surface area (Å²) in [4.78, 5) is 4.07. The van der Waals surface area contributed by atoms with Crippen molar-refractivity contribution < 1.29 is 9.84 Å². The molecule has 2 rings (SSSR count). The van der Waals surface area contributed by atoms with Crippen molar-refractivity contribution in [1.29, 1.82) is 0 Å². The van der Waals surface area contributed by atoms with Crippen LogP contribution in [0.5, 0.6) is 11.5 Å². The van der Waals surface area contributed by atoms with Gasteiger partial charge in [-0.1, -0.05) is 6.07 Å². The molecule has 0 aliphatic carbocycles. The van der Waals surface area contributed by atoms with Crippen LogP contribution in [0.2, 0.25) is 0 Å². The Morgan fingerprint density at radius 1 is 1.42 bits per heavy atom. The average Bonchev–Trinajstić information content (AvgIpc) is 2.43. The molecule has 0 aliphatic heterocycles. The Morgan fingerprint density at radius 3 is 2.95 bits per heavy atom.